The minimum atomic E-state index is -0.270. The highest BCUT2D eigenvalue weighted by atomic mass is 35.5. The summed E-state index contributed by atoms with van der Waals surface area (Å²) < 4.78 is 0. The van der Waals surface area contributed by atoms with Gasteiger partial charge in [-0.3, -0.25) is 10.1 Å². The number of amides is 1. The van der Waals surface area contributed by atoms with Gasteiger partial charge < -0.3 is 0 Å². The average molecular weight is 378 g/mol. The predicted octanol–water partition coefficient (Wildman–Crippen LogP) is 5.00. The number of halogens is 2. The molecule has 3 rings (SSSR count). The third-order valence-corrected chi connectivity index (χ3v) is 5.06. The molecule has 1 aromatic carbocycles. The van der Waals surface area contributed by atoms with Gasteiger partial charge in [0, 0.05) is 34.3 Å². The summed E-state index contributed by atoms with van der Waals surface area (Å²) >= 11 is 13.5. The molecule has 0 saturated carbocycles. The van der Waals surface area contributed by atoms with Crippen LogP contribution in [0.2, 0.25) is 10.2 Å². The van der Waals surface area contributed by atoms with E-state index >= 15 is 0 Å². The second-order valence-corrected chi connectivity index (χ2v) is 7.06. The van der Waals surface area contributed by atoms with E-state index < -0.39 is 0 Å². The van der Waals surface area contributed by atoms with Gasteiger partial charge in [0.05, 0.1) is 0 Å². The lowest BCUT2D eigenvalue weighted by Crippen LogP contribution is -2.11. The molecule has 0 spiro atoms. The number of hydrogen-bond donors (Lipinski definition) is 1. The van der Waals surface area contributed by atoms with Gasteiger partial charge in [0.1, 0.15) is 5.15 Å². The molecule has 0 aliphatic heterocycles. The number of rotatable bonds is 4. The fraction of sp³-hybridized carbons (Fsp3) is 0.118. The van der Waals surface area contributed by atoms with Crippen molar-refractivity contribution in [2.45, 2.75) is 13.3 Å². The van der Waals surface area contributed by atoms with Gasteiger partial charge in [0.25, 0.3) is 5.91 Å². The SMILES string of the molecule is Cc1cccc(Cc2cnc(NC(=O)c3ccnc(Cl)c3)s2)c1Cl. The van der Waals surface area contributed by atoms with Gasteiger partial charge in [-0.15, -0.1) is 11.3 Å². The number of hydrogen-bond acceptors (Lipinski definition) is 4. The average Bonchev–Trinajstić information content (AvgIpc) is 2.99. The maximum atomic E-state index is 12.2. The molecule has 0 aliphatic rings. The highest BCUT2D eigenvalue weighted by Crippen LogP contribution is 2.27. The number of pyridine rings is 1. The minimum Gasteiger partial charge on any atom is -0.298 e. The van der Waals surface area contributed by atoms with E-state index in [-0.39, 0.29) is 11.1 Å². The van der Waals surface area contributed by atoms with Gasteiger partial charge in [-0.05, 0) is 30.2 Å². The van der Waals surface area contributed by atoms with Crippen LogP contribution in [0.3, 0.4) is 0 Å². The molecule has 0 aliphatic carbocycles. The Kier molecular flexibility index (Phi) is 5.14. The molecule has 3 aromatic rings. The zero-order valence-corrected chi connectivity index (χ0v) is 15.0. The Morgan fingerprint density at radius 2 is 2.08 bits per heavy atom. The predicted molar refractivity (Wildman–Crippen MR) is 98.3 cm³/mol. The lowest BCUT2D eigenvalue weighted by Gasteiger charge is -2.04. The molecule has 1 N–H and O–H groups in total. The van der Waals surface area contributed by atoms with Crippen LogP contribution in [-0.2, 0) is 6.42 Å². The molecule has 0 bridgehead atoms. The van der Waals surface area contributed by atoms with E-state index in [1.54, 1.807) is 12.3 Å². The number of nitrogens with zero attached hydrogens (tertiary/aromatic N) is 2. The van der Waals surface area contributed by atoms with Crippen molar-refractivity contribution in [3.63, 3.8) is 0 Å². The summed E-state index contributed by atoms with van der Waals surface area (Å²) in [4.78, 5) is 21.3. The van der Waals surface area contributed by atoms with Crippen molar-refractivity contribution in [3.8, 4) is 0 Å². The van der Waals surface area contributed by atoms with E-state index in [0.717, 1.165) is 21.0 Å². The second kappa shape index (κ2) is 7.30. The Labute approximate surface area is 153 Å². The maximum absolute atomic E-state index is 12.2. The Morgan fingerprint density at radius 3 is 2.88 bits per heavy atom. The topological polar surface area (TPSA) is 54.9 Å². The highest BCUT2D eigenvalue weighted by Gasteiger charge is 2.11. The molecule has 7 heteroatoms. The zero-order valence-electron chi connectivity index (χ0n) is 12.7. The smallest absolute Gasteiger partial charge is 0.257 e. The van der Waals surface area contributed by atoms with Gasteiger partial charge in [-0.1, -0.05) is 41.4 Å². The van der Waals surface area contributed by atoms with Crippen LogP contribution >= 0.6 is 34.5 Å². The molecule has 1 amide bonds. The molecule has 4 nitrogen and oxygen atoms in total. The van der Waals surface area contributed by atoms with E-state index in [1.807, 2.05) is 25.1 Å². The summed E-state index contributed by atoms with van der Waals surface area (Å²) in [5.41, 5.74) is 2.52. The van der Waals surface area contributed by atoms with E-state index in [0.29, 0.717) is 17.1 Å². The number of benzene rings is 1. The largest absolute Gasteiger partial charge is 0.298 e. The van der Waals surface area contributed by atoms with Crippen molar-refractivity contribution in [2.24, 2.45) is 0 Å². The molecule has 0 unspecified atom stereocenters. The molecule has 0 fully saturated rings. The lowest BCUT2D eigenvalue weighted by atomic mass is 10.1. The molecule has 0 saturated heterocycles. The van der Waals surface area contributed by atoms with Crippen molar-refractivity contribution < 1.29 is 4.79 Å². The minimum absolute atomic E-state index is 0.270. The van der Waals surface area contributed by atoms with E-state index in [2.05, 4.69) is 15.3 Å². The highest BCUT2D eigenvalue weighted by molar-refractivity contribution is 7.15. The number of carbonyl (C=O) groups excluding carboxylic acids is 1. The lowest BCUT2D eigenvalue weighted by molar-refractivity contribution is 0.102. The van der Waals surface area contributed by atoms with E-state index in [1.165, 1.54) is 23.6 Å². The molecule has 2 heterocycles. The molecule has 0 atom stereocenters. The maximum Gasteiger partial charge on any atom is 0.257 e. The number of anilines is 1. The van der Waals surface area contributed by atoms with Gasteiger partial charge in [0.15, 0.2) is 5.13 Å². The number of carbonyl (C=O) groups is 1. The van der Waals surface area contributed by atoms with Crippen LogP contribution in [0.15, 0.2) is 42.7 Å². The standard InChI is InChI=1S/C17H13Cl2N3OS/c1-10-3-2-4-11(15(10)19)7-13-9-21-17(24-13)22-16(23)12-5-6-20-14(18)8-12/h2-6,8-9H,7H2,1H3,(H,21,22,23). The van der Waals surface area contributed by atoms with Gasteiger partial charge in [-0.2, -0.15) is 0 Å². The van der Waals surface area contributed by atoms with Crippen LogP contribution in [0.4, 0.5) is 5.13 Å². The fourth-order valence-electron chi connectivity index (χ4n) is 2.19. The molecule has 122 valence electrons. The van der Waals surface area contributed by atoms with Crippen LogP contribution in [0, 0.1) is 6.92 Å². The van der Waals surface area contributed by atoms with E-state index in [9.17, 15) is 4.79 Å². The molecular weight excluding hydrogens is 365 g/mol. The van der Waals surface area contributed by atoms with Crippen LogP contribution in [0.5, 0.6) is 0 Å². The van der Waals surface area contributed by atoms with Crippen LogP contribution in [0.25, 0.3) is 0 Å². The quantitative estimate of drug-likeness (QED) is 0.651. The summed E-state index contributed by atoms with van der Waals surface area (Å²) in [5.74, 6) is -0.270. The van der Waals surface area contributed by atoms with Crippen molar-refractivity contribution in [3.05, 3.63) is 74.5 Å². The van der Waals surface area contributed by atoms with Crippen LogP contribution < -0.4 is 5.32 Å². The number of thiazole rings is 1. The Hall–Kier alpha value is -1.95. The molecular formula is C17H13Cl2N3OS. The van der Waals surface area contributed by atoms with E-state index in [4.69, 9.17) is 23.2 Å². The number of nitrogens with one attached hydrogen (secondary N) is 1. The number of aromatic nitrogens is 2. The summed E-state index contributed by atoms with van der Waals surface area (Å²) in [6, 6.07) is 9.06. The first kappa shape index (κ1) is 16.9. The summed E-state index contributed by atoms with van der Waals surface area (Å²) in [5, 5.41) is 4.34. The second-order valence-electron chi connectivity index (χ2n) is 5.18. The summed E-state index contributed by atoms with van der Waals surface area (Å²) in [6.07, 6.45) is 3.91. The Morgan fingerprint density at radius 1 is 1.25 bits per heavy atom. The van der Waals surface area contributed by atoms with Crippen molar-refractivity contribution in [1.82, 2.24) is 9.97 Å². The van der Waals surface area contributed by atoms with Gasteiger partial charge in [0.2, 0.25) is 0 Å². The van der Waals surface area contributed by atoms with Gasteiger partial charge >= 0.3 is 0 Å². The first-order valence-corrected chi connectivity index (χ1v) is 8.72. The normalized spacial score (nSPS) is 10.6. The van der Waals surface area contributed by atoms with Gasteiger partial charge in [-0.25, -0.2) is 9.97 Å². The first-order valence-electron chi connectivity index (χ1n) is 7.14. The Bertz CT molecular complexity index is 895. The van der Waals surface area contributed by atoms with Crippen molar-refractivity contribution in [2.75, 3.05) is 5.32 Å². The first-order chi connectivity index (χ1) is 11.5. The third kappa shape index (κ3) is 3.93. The summed E-state index contributed by atoms with van der Waals surface area (Å²) in [6.45, 7) is 1.98. The molecule has 2 aromatic heterocycles. The zero-order chi connectivity index (χ0) is 17.1. The third-order valence-electron chi connectivity index (χ3n) is 3.40. The summed E-state index contributed by atoms with van der Waals surface area (Å²) in [7, 11) is 0. The van der Waals surface area contributed by atoms with Crippen molar-refractivity contribution in [1.29, 1.82) is 0 Å². The Balaban J connectivity index is 1.72. The monoisotopic (exact) mass is 377 g/mol. The van der Waals surface area contributed by atoms with Crippen molar-refractivity contribution >= 4 is 45.6 Å². The number of aryl methyl sites for hydroxylation is 1. The van der Waals surface area contributed by atoms with Crippen LogP contribution in [-0.4, -0.2) is 15.9 Å². The fourth-order valence-corrected chi connectivity index (χ4v) is 3.39. The molecule has 24 heavy (non-hydrogen) atoms. The van der Waals surface area contributed by atoms with Crippen LogP contribution in [0.1, 0.15) is 26.4 Å². The molecule has 0 radical (unpaired) electrons.